The SMILES string of the molecule is CCCCCC(=O)NC(Cc1c[nH]c2ccccc12)C(=O)OCc1ccccc1. The van der Waals surface area contributed by atoms with E-state index in [2.05, 4.69) is 17.2 Å². The molecule has 0 spiro atoms. The van der Waals surface area contributed by atoms with E-state index in [1.54, 1.807) is 0 Å². The number of H-pyrrole nitrogens is 1. The highest BCUT2D eigenvalue weighted by molar-refractivity contribution is 5.87. The molecule has 1 aromatic heterocycles. The zero-order valence-electron chi connectivity index (χ0n) is 16.8. The van der Waals surface area contributed by atoms with Crippen LogP contribution < -0.4 is 5.32 Å². The van der Waals surface area contributed by atoms with Gasteiger partial charge in [-0.2, -0.15) is 0 Å². The zero-order chi connectivity index (χ0) is 20.5. The number of aromatic amines is 1. The summed E-state index contributed by atoms with van der Waals surface area (Å²) < 4.78 is 5.51. The molecule has 0 aliphatic heterocycles. The Morgan fingerprint density at radius 3 is 2.59 bits per heavy atom. The zero-order valence-corrected chi connectivity index (χ0v) is 16.8. The van der Waals surface area contributed by atoms with Crippen molar-refractivity contribution in [3.8, 4) is 0 Å². The van der Waals surface area contributed by atoms with E-state index >= 15 is 0 Å². The fraction of sp³-hybridized carbons (Fsp3) is 0.333. The molecular weight excluding hydrogens is 364 g/mol. The van der Waals surface area contributed by atoms with Crippen molar-refractivity contribution < 1.29 is 14.3 Å². The summed E-state index contributed by atoms with van der Waals surface area (Å²) in [5.74, 6) is -0.525. The molecule has 152 valence electrons. The van der Waals surface area contributed by atoms with Crippen LogP contribution in [0.1, 0.15) is 43.7 Å². The molecule has 0 saturated carbocycles. The van der Waals surface area contributed by atoms with E-state index in [4.69, 9.17) is 4.74 Å². The molecular formula is C24H28N2O3. The van der Waals surface area contributed by atoms with E-state index in [-0.39, 0.29) is 12.5 Å². The van der Waals surface area contributed by atoms with Crippen LogP contribution in [0.5, 0.6) is 0 Å². The number of carbonyl (C=O) groups excluding carboxylic acids is 2. The topological polar surface area (TPSA) is 71.2 Å². The number of hydrogen-bond acceptors (Lipinski definition) is 3. The summed E-state index contributed by atoms with van der Waals surface area (Å²) in [6.45, 7) is 2.29. The lowest BCUT2D eigenvalue weighted by atomic mass is 10.0. The fourth-order valence-corrected chi connectivity index (χ4v) is 3.35. The minimum atomic E-state index is -0.716. The molecule has 1 unspecified atom stereocenters. The number of aromatic nitrogens is 1. The van der Waals surface area contributed by atoms with Crippen LogP contribution in [0.3, 0.4) is 0 Å². The normalized spacial score (nSPS) is 11.9. The van der Waals surface area contributed by atoms with Crippen LogP contribution in [0.2, 0.25) is 0 Å². The molecule has 0 saturated heterocycles. The third kappa shape index (κ3) is 5.95. The fourth-order valence-electron chi connectivity index (χ4n) is 3.35. The summed E-state index contributed by atoms with van der Waals surface area (Å²) in [5, 5.41) is 3.94. The Hall–Kier alpha value is -3.08. The molecule has 2 N–H and O–H groups in total. The summed E-state index contributed by atoms with van der Waals surface area (Å²) in [4.78, 5) is 28.4. The van der Waals surface area contributed by atoms with Crippen LogP contribution in [0.15, 0.2) is 60.8 Å². The standard InChI is InChI=1S/C24H28N2O3/c1-2-3-5-14-23(27)26-22(24(28)29-17-18-10-6-4-7-11-18)15-19-16-25-21-13-9-8-12-20(19)21/h4,6-13,16,22,25H,2-3,5,14-15,17H2,1H3,(H,26,27). The molecule has 1 amide bonds. The number of rotatable bonds is 10. The van der Waals surface area contributed by atoms with Gasteiger partial charge in [0, 0.05) is 29.9 Å². The largest absolute Gasteiger partial charge is 0.459 e. The van der Waals surface area contributed by atoms with Crippen molar-refractivity contribution in [2.75, 3.05) is 0 Å². The Bertz CT molecular complexity index is 933. The molecule has 2 aromatic carbocycles. The third-order valence-electron chi connectivity index (χ3n) is 4.95. The maximum absolute atomic E-state index is 12.8. The number of benzene rings is 2. The minimum absolute atomic E-state index is 0.111. The number of nitrogens with one attached hydrogen (secondary N) is 2. The molecule has 3 aromatic rings. The van der Waals surface area contributed by atoms with Crippen LogP contribution in [0, 0.1) is 0 Å². The Morgan fingerprint density at radius 2 is 1.79 bits per heavy atom. The molecule has 3 rings (SSSR count). The van der Waals surface area contributed by atoms with E-state index < -0.39 is 12.0 Å². The number of para-hydroxylation sites is 1. The second-order valence-electron chi connectivity index (χ2n) is 7.23. The summed E-state index contributed by atoms with van der Waals surface area (Å²) in [6, 6.07) is 16.8. The van der Waals surface area contributed by atoms with Crippen molar-refractivity contribution in [2.45, 2.75) is 51.7 Å². The first-order chi connectivity index (χ1) is 14.2. The van der Waals surface area contributed by atoms with Crippen LogP contribution in [-0.4, -0.2) is 22.9 Å². The molecule has 0 radical (unpaired) electrons. The van der Waals surface area contributed by atoms with Gasteiger partial charge in [-0.05, 0) is 23.6 Å². The summed E-state index contributed by atoms with van der Waals surface area (Å²) in [5.41, 5.74) is 2.91. The van der Waals surface area contributed by atoms with Crippen molar-refractivity contribution in [1.29, 1.82) is 0 Å². The molecule has 0 fully saturated rings. The smallest absolute Gasteiger partial charge is 0.329 e. The highest BCUT2D eigenvalue weighted by Crippen LogP contribution is 2.19. The first kappa shape index (κ1) is 20.6. The second-order valence-corrected chi connectivity index (χ2v) is 7.23. The minimum Gasteiger partial charge on any atom is -0.459 e. The molecule has 1 atom stereocenters. The van der Waals surface area contributed by atoms with Gasteiger partial charge in [-0.3, -0.25) is 4.79 Å². The van der Waals surface area contributed by atoms with Crippen molar-refractivity contribution >= 4 is 22.8 Å². The Labute approximate surface area is 171 Å². The number of ether oxygens (including phenoxy) is 1. The predicted molar refractivity (Wildman–Crippen MR) is 114 cm³/mol. The summed E-state index contributed by atoms with van der Waals surface area (Å²) >= 11 is 0. The van der Waals surface area contributed by atoms with Crippen LogP contribution in [0.4, 0.5) is 0 Å². The average Bonchev–Trinajstić information content (AvgIpc) is 3.15. The van der Waals surface area contributed by atoms with Gasteiger partial charge in [-0.25, -0.2) is 4.79 Å². The third-order valence-corrected chi connectivity index (χ3v) is 4.95. The van der Waals surface area contributed by atoms with Crippen molar-refractivity contribution in [3.05, 3.63) is 71.9 Å². The van der Waals surface area contributed by atoms with Crippen molar-refractivity contribution in [3.63, 3.8) is 0 Å². The van der Waals surface area contributed by atoms with E-state index in [1.165, 1.54) is 0 Å². The van der Waals surface area contributed by atoms with Crippen molar-refractivity contribution in [1.82, 2.24) is 10.3 Å². The van der Waals surface area contributed by atoms with Gasteiger partial charge in [0.25, 0.3) is 0 Å². The predicted octanol–water partition coefficient (Wildman–Crippen LogP) is 4.52. The van der Waals surface area contributed by atoms with E-state index in [0.717, 1.165) is 41.3 Å². The highest BCUT2D eigenvalue weighted by Gasteiger charge is 2.24. The van der Waals surface area contributed by atoms with Crippen LogP contribution in [0.25, 0.3) is 10.9 Å². The Morgan fingerprint density at radius 1 is 1.03 bits per heavy atom. The first-order valence-electron chi connectivity index (χ1n) is 10.2. The van der Waals surface area contributed by atoms with Gasteiger partial charge < -0.3 is 15.0 Å². The van der Waals surface area contributed by atoms with Gasteiger partial charge in [-0.1, -0.05) is 68.3 Å². The Balaban J connectivity index is 1.69. The number of fused-ring (bicyclic) bond motifs is 1. The maximum atomic E-state index is 12.8. The van der Waals surface area contributed by atoms with Gasteiger partial charge in [0.05, 0.1) is 0 Å². The number of amides is 1. The highest BCUT2D eigenvalue weighted by atomic mass is 16.5. The van der Waals surface area contributed by atoms with Gasteiger partial charge in [-0.15, -0.1) is 0 Å². The summed E-state index contributed by atoms with van der Waals surface area (Å²) in [6.07, 6.45) is 5.57. The molecule has 5 heteroatoms. The Kier molecular flexibility index (Phi) is 7.45. The van der Waals surface area contributed by atoms with E-state index in [9.17, 15) is 9.59 Å². The number of esters is 1. The quantitative estimate of drug-likeness (QED) is 0.394. The molecule has 1 heterocycles. The van der Waals surface area contributed by atoms with Gasteiger partial charge >= 0.3 is 5.97 Å². The number of carbonyl (C=O) groups is 2. The average molecular weight is 392 g/mol. The lowest BCUT2D eigenvalue weighted by Crippen LogP contribution is -2.43. The molecule has 0 aliphatic rings. The van der Waals surface area contributed by atoms with E-state index in [0.29, 0.717) is 12.8 Å². The van der Waals surface area contributed by atoms with Crippen LogP contribution in [-0.2, 0) is 27.4 Å². The van der Waals surface area contributed by atoms with Crippen LogP contribution >= 0.6 is 0 Å². The summed E-state index contributed by atoms with van der Waals surface area (Å²) in [7, 11) is 0. The maximum Gasteiger partial charge on any atom is 0.329 e. The van der Waals surface area contributed by atoms with Gasteiger partial charge in [0.2, 0.25) is 5.91 Å². The molecule has 5 nitrogen and oxygen atoms in total. The van der Waals surface area contributed by atoms with Gasteiger partial charge in [0.15, 0.2) is 0 Å². The van der Waals surface area contributed by atoms with Crippen molar-refractivity contribution in [2.24, 2.45) is 0 Å². The van der Waals surface area contributed by atoms with Gasteiger partial charge in [0.1, 0.15) is 12.6 Å². The number of hydrogen-bond donors (Lipinski definition) is 2. The van der Waals surface area contributed by atoms with E-state index in [1.807, 2.05) is 60.8 Å². The number of unbranched alkanes of at least 4 members (excludes halogenated alkanes) is 2. The second kappa shape index (κ2) is 10.5. The monoisotopic (exact) mass is 392 g/mol. The molecule has 0 bridgehead atoms. The lowest BCUT2D eigenvalue weighted by molar-refractivity contribution is -0.149. The first-order valence-corrected chi connectivity index (χ1v) is 10.2. The molecule has 29 heavy (non-hydrogen) atoms. The molecule has 0 aliphatic carbocycles. The lowest BCUT2D eigenvalue weighted by Gasteiger charge is -2.18.